The first kappa shape index (κ1) is 13.8. The van der Waals surface area contributed by atoms with Gasteiger partial charge < -0.3 is 0 Å². The van der Waals surface area contributed by atoms with Crippen LogP contribution in [0, 0.1) is 26.2 Å². The van der Waals surface area contributed by atoms with Crippen molar-refractivity contribution in [2.24, 2.45) is 0 Å². The molecule has 0 aliphatic carbocycles. The standard InChI is InChI=1S/C16H23N/c1-6-8-16(7-2)17-14(5)15-10-12(3)9-13(4)11-15/h2,9-11,14,16-17H,6,8H2,1,3-5H3. The zero-order valence-corrected chi connectivity index (χ0v) is 11.4. The smallest absolute Gasteiger partial charge is 0.0691 e. The fraction of sp³-hybridized carbons (Fsp3) is 0.500. The van der Waals surface area contributed by atoms with Crippen LogP contribution in [0.5, 0.6) is 0 Å². The van der Waals surface area contributed by atoms with E-state index in [2.05, 4.69) is 57.1 Å². The molecule has 0 saturated carbocycles. The fourth-order valence-corrected chi connectivity index (χ4v) is 2.16. The maximum atomic E-state index is 5.53. The molecule has 1 aromatic rings. The van der Waals surface area contributed by atoms with Crippen molar-refractivity contribution in [3.63, 3.8) is 0 Å². The number of rotatable bonds is 5. The molecule has 92 valence electrons. The van der Waals surface area contributed by atoms with E-state index in [1.807, 2.05) is 0 Å². The van der Waals surface area contributed by atoms with E-state index in [9.17, 15) is 0 Å². The highest BCUT2D eigenvalue weighted by molar-refractivity contribution is 5.30. The van der Waals surface area contributed by atoms with Crippen LogP contribution in [0.4, 0.5) is 0 Å². The van der Waals surface area contributed by atoms with Crippen LogP contribution in [-0.2, 0) is 0 Å². The van der Waals surface area contributed by atoms with E-state index in [1.54, 1.807) is 0 Å². The number of terminal acetylenes is 1. The molecule has 0 saturated heterocycles. The second-order valence-electron chi connectivity index (χ2n) is 4.82. The van der Waals surface area contributed by atoms with Gasteiger partial charge in [-0.2, -0.15) is 0 Å². The zero-order chi connectivity index (χ0) is 12.8. The summed E-state index contributed by atoms with van der Waals surface area (Å²) < 4.78 is 0. The lowest BCUT2D eigenvalue weighted by molar-refractivity contribution is 0.495. The lowest BCUT2D eigenvalue weighted by Crippen LogP contribution is -2.30. The van der Waals surface area contributed by atoms with Gasteiger partial charge in [-0.05, 0) is 32.8 Å². The van der Waals surface area contributed by atoms with Crippen LogP contribution in [0.15, 0.2) is 18.2 Å². The highest BCUT2D eigenvalue weighted by atomic mass is 14.9. The molecule has 2 atom stereocenters. The first-order chi connectivity index (χ1) is 8.06. The van der Waals surface area contributed by atoms with Crippen LogP contribution >= 0.6 is 0 Å². The summed E-state index contributed by atoms with van der Waals surface area (Å²) in [6.07, 6.45) is 7.68. The van der Waals surface area contributed by atoms with E-state index < -0.39 is 0 Å². The lowest BCUT2D eigenvalue weighted by atomic mass is 10.0. The van der Waals surface area contributed by atoms with Crippen LogP contribution in [0.25, 0.3) is 0 Å². The zero-order valence-electron chi connectivity index (χ0n) is 11.4. The molecule has 0 radical (unpaired) electrons. The average molecular weight is 229 g/mol. The third kappa shape index (κ3) is 4.24. The van der Waals surface area contributed by atoms with Gasteiger partial charge in [0.2, 0.25) is 0 Å². The van der Waals surface area contributed by atoms with Gasteiger partial charge >= 0.3 is 0 Å². The lowest BCUT2D eigenvalue weighted by Gasteiger charge is -2.20. The summed E-state index contributed by atoms with van der Waals surface area (Å²) in [5.74, 6) is 2.82. The van der Waals surface area contributed by atoms with E-state index in [4.69, 9.17) is 6.42 Å². The van der Waals surface area contributed by atoms with Crippen LogP contribution in [0.1, 0.15) is 49.4 Å². The Morgan fingerprint density at radius 1 is 1.24 bits per heavy atom. The Kier molecular flexibility index (Phi) is 5.25. The van der Waals surface area contributed by atoms with E-state index in [-0.39, 0.29) is 6.04 Å². The predicted octanol–water partition coefficient (Wildman–Crippen LogP) is 3.76. The maximum Gasteiger partial charge on any atom is 0.0691 e. The van der Waals surface area contributed by atoms with Crippen molar-refractivity contribution in [1.29, 1.82) is 0 Å². The molecular weight excluding hydrogens is 206 g/mol. The van der Waals surface area contributed by atoms with E-state index in [0.717, 1.165) is 12.8 Å². The van der Waals surface area contributed by atoms with E-state index >= 15 is 0 Å². The fourth-order valence-electron chi connectivity index (χ4n) is 2.16. The van der Waals surface area contributed by atoms with E-state index in [0.29, 0.717) is 6.04 Å². The van der Waals surface area contributed by atoms with Crippen molar-refractivity contribution in [2.75, 3.05) is 0 Å². The quantitative estimate of drug-likeness (QED) is 0.758. The molecule has 0 bridgehead atoms. The van der Waals surface area contributed by atoms with Crippen molar-refractivity contribution in [3.05, 3.63) is 34.9 Å². The van der Waals surface area contributed by atoms with Gasteiger partial charge in [-0.15, -0.1) is 6.42 Å². The molecule has 1 nitrogen and oxygen atoms in total. The third-order valence-corrected chi connectivity index (χ3v) is 2.97. The van der Waals surface area contributed by atoms with Crippen molar-refractivity contribution in [3.8, 4) is 12.3 Å². The van der Waals surface area contributed by atoms with Crippen molar-refractivity contribution in [2.45, 2.75) is 52.6 Å². The monoisotopic (exact) mass is 229 g/mol. The average Bonchev–Trinajstić information content (AvgIpc) is 2.27. The van der Waals surface area contributed by atoms with Gasteiger partial charge in [-0.3, -0.25) is 5.32 Å². The minimum atomic E-state index is 0.177. The van der Waals surface area contributed by atoms with Crippen molar-refractivity contribution in [1.82, 2.24) is 5.32 Å². The number of aryl methyl sites for hydroxylation is 2. The van der Waals surface area contributed by atoms with Gasteiger partial charge in [0.05, 0.1) is 6.04 Å². The Morgan fingerprint density at radius 3 is 2.29 bits per heavy atom. The van der Waals surface area contributed by atoms with Crippen LogP contribution in [0.3, 0.4) is 0 Å². The molecule has 0 aromatic heterocycles. The number of benzene rings is 1. The van der Waals surface area contributed by atoms with Crippen LogP contribution < -0.4 is 5.32 Å². The summed E-state index contributed by atoms with van der Waals surface area (Å²) in [4.78, 5) is 0. The highest BCUT2D eigenvalue weighted by Gasteiger charge is 2.10. The molecule has 0 aliphatic heterocycles. The Morgan fingerprint density at radius 2 is 1.82 bits per heavy atom. The third-order valence-electron chi connectivity index (χ3n) is 2.97. The predicted molar refractivity (Wildman–Crippen MR) is 75.0 cm³/mol. The first-order valence-corrected chi connectivity index (χ1v) is 6.37. The molecule has 0 aliphatic rings. The molecule has 1 rings (SSSR count). The van der Waals surface area contributed by atoms with Crippen LogP contribution in [-0.4, -0.2) is 6.04 Å². The largest absolute Gasteiger partial charge is 0.297 e. The molecule has 2 unspecified atom stereocenters. The summed E-state index contributed by atoms with van der Waals surface area (Å²) in [6.45, 7) is 8.60. The van der Waals surface area contributed by atoms with Crippen molar-refractivity contribution < 1.29 is 0 Å². The van der Waals surface area contributed by atoms with Gasteiger partial charge in [0.1, 0.15) is 0 Å². The number of nitrogens with one attached hydrogen (secondary N) is 1. The number of hydrogen-bond donors (Lipinski definition) is 1. The Hall–Kier alpha value is -1.26. The summed E-state index contributed by atoms with van der Waals surface area (Å²) >= 11 is 0. The molecule has 17 heavy (non-hydrogen) atoms. The Labute approximate surface area is 106 Å². The summed E-state index contributed by atoms with van der Waals surface area (Å²) in [7, 11) is 0. The molecule has 1 aromatic carbocycles. The van der Waals surface area contributed by atoms with Gasteiger partial charge in [-0.1, -0.05) is 48.6 Å². The van der Waals surface area contributed by atoms with Crippen LogP contribution in [0.2, 0.25) is 0 Å². The minimum absolute atomic E-state index is 0.177. The molecule has 1 N–H and O–H groups in total. The maximum absolute atomic E-state index is 5.53. The van der Waals surface area contributed by atoms with Crippen molar-refractivity contribution >= 4 is 0 Å². The highest BCUT2D eigenvalue weighted by Crippen LogP contribution is 2.17. The second-order valence-corrected chi connectivity index (χ2v) is 4.82. The van der Waals surface area contributed by atoms with Gasteiger partial charge in [0.15, 0.2) is 0 Å². The summed E-state index contributed by atoms with van der Waals surface area (Å²) in [6, 6.07) is 7.13. The summed E-state index contributed by atoms with van der Waals surface area (Å²) in [5, 5.41) is 3.50. The van der Waals surface area contributed by atoms with Gasteiger partial charge in [0, 0.05) is 6.04 Å². The molecule has 0 amide bonds. The Bertz CT molecular complexity index is 380. The topological polar surface area (TPSA) is 12.0 Å². The Balaban J connectivity index is 2.75. The first-order valence-electron chi connectivity index (χ1n) is 6.37. The van der Waals surface area contributed by atoms with Gasteiger partial charge in [0.25, 0.3) is 0 Å². The summed E-state index contributed by atoms with van der Waals surface area (Å²) in [5.41, 5.74) is 3.93. The normalized spacial score (nSPS) is 14.1. The molecular formula is C16H23N. The second kappa shape index (κ2) is 6.47. The molecule has 1 heteroatoms. The SMILES string of the molecule is C#CC(CCC)NC(C)c1cc(C)cc(C)c1. The number of hydrogen-bond acceptors (Lipinski definition) is 1. The van der Waals surface area contributed by atoms with E-state index in [1.165, 1.54) is 16.7 Å². The van der Waals surface area contributed by atoms with Gasteiger partial charge in [-0.25, -0.2) is 0 Å². The molecule has 0 spiro atoms. The molecule has 0 heterocycles. The molecule has 0 fully saturated rings. The minimum Gasteiger partial charge on any atom is -0.297 e.